The number of rotatable bonds is 12. The summed E-state index contributed by atoms with van der Waals surface area (Å²) in [6.07, 6.45) is 5.19. The predicted octanol–water partition coefficient (Wildman–Crippen LogP) is 3.01. The van der Waals surface area contributed by atoms with Gasteiger partial charge in [0.05, 0.1) is 20.3 Å². The molecule has 0 unspecified atom stereocenters. The van der Waals surface area contributed by atoms with Gasteiger partial charge >= 0.3 is 5.97 Å². The summed E-state index contributed by atoms with van der Waals surface area (Å²) in [5.74, 6) is 0.254. The third-order valence-corrected chi connectivity index (χ3v) is 5.76. The lowest BCUT2D eigenvalue weighted by atomic mass is 10.0. The standard InChI is InChI=1S/C24H33N3O6/c1-3-33-26-22(28)8-6-4-5-7-9-23(29)27-13-12-18-19-14-17(32-16-24(30)31-2)10-11-20(19)25-21(18)15-27/h10-11,14,25H,3-9,12-13,15-16H2,1-2H3,(H,26,28). The Hall–Kier alpha value is -3.07. The van der Waals surface area contributed by atoms with Gasteiger partial charge < -0.3 is 19.4 Å². The highest BCUT2D eigenvalue weighted by Gasteiger charge is 2.24. The van der Waals surface area contributed by atoms with Crippen LogP contribution in [0, 0.1) is 0 Å². The molecule has 2 amide bonds. The molecule has 1 aromatic carbocycles. The molecule has 0 atom stereocenters. The van der Waals surface area contributed by atoms with E-state index in [2.05, 4.69) is 15.2 Å². The Morgan fingerprint density at radius 1 is 1.12 bits per heavy atom. The molecule has 0 saturated heterocycles. The topological polar surface area (TPSA) is 110 Å². The molecule has 2 N–H and O–H groups in total. The van der Waals surface area contributed by atoms with E-state index in [-0.39, 0.29) is 18.4 Å². The van der Waals surface area contributed by atoms with E-state index in [1.54, 1.807) is 0 Å². The van der Waals surface area contributed by atoms with Gasteiger partial charge in [0.2, 0.25) is 11.8 Å². The normalized spacial score (nSPS) is 13.0. The molecular formula is C24H33N3O6. The van der Waals surface area contributed by atoms with Gasteiger partial charge in [-0.2, -0.15) is 0 Å². The third-order valence-electron chi connectivity index (χ3n) is 5.76. The number of carbonyl (C=O) groups is 3. The number of H-pyrrole nitrogens is 1. The number of amides is 2. The number of hydrogen-bond acceptors (Lipinski definition) is 6. The molecule has 0 aliphatic carbocycles. The lowest BCUT2D eigenvalue weighted by Gasteiger charge is -2.27. The van der Waals surface area contributed by atoms with Crippen LogP contribution in [0.2, 0.25) is 0 Å². The Morgan fingerprint density at radius 3 is 2.67 bits per heavy atom. The molecular weight excluding hydrogens is 426 g/mol. The van der Waals surface area contributed by atoms with Crippen LogP contribution < -0.4 is 10.2 Å². The zero-order valence-electron chi connectivity index (χ0n) is 19.4. The van der Waals surface area contributed by atoms with Crippen LogP contribution in [0.1, 0.15) is 56.7 Å². The van der Waals surface area contributed by atoms with Gasteiger partial charge in [-0.1, -0.05) is 12.8 Å². The summed E-state index contributed by atoms with van der Waals surface area (Å²) in [7, 11) is 1.33. The summed E-state index contributed by atoms with van der Waals surface area (Å²) < 4.78 is 10.1. The highest BCUT2D eigenvalue weighted by molar-refractivity contribution is 5.87. The molecule has 3 rings (SSSR count). The van der Waals surface area contributed by atoms with E-state index >= 15 is 0 Å². The quantitative estimate of drug-likeness (QED) is 0.287. The molecule has 9 nitrogen and oxygen atoms in total. The number of aromatic amines is 1. The Morgan fingerprint density at radius 2 is 1.91 bits per heavy atom. The molecule has 0 bridgehead atoms. The van der Waals surface area contributed by atoms with Gasteiger partial charge in [-0.05, 0) is 49.9 Å². The first kappa shape index (κ1) is 24.6. The molecule has 0 saturated carbocycles. The van der Waals surface area contributed by atoms with Crippen LogP contribution in [-0.2, 0) is 36.9 Å². The van der Waals surface area contributed by atoms with E-state index in [4.69, 9.17) is 9.57 Å². The number of esters is 1. The van der Waals surface area contributed by atoms with Crippen LogP contribution in [0.4, 0.5) is 0 Å². The van der Waals surface area contributed by atoms with Gasteiger partial charge in [0.25, 0.3) is 0 Å². The molecule has 1 aliphatic rings. The van der Waals surface area contributed by atoms with Crippen LogP contribution >= 0.6 is 0 Å². The minimum absolute atomic E-state index is 0.0995. The van der Waals surface area contributed by atoms with Crippen molar-refractivity contribution in [1.29, 1.82) is 0 Å². The fourth-order valence-electron chi connectivity index (χ4n) is 4.00. The van der Waals surface area contributed by atoms with Crippen molar-refractivity contribution in [3.63, 3.8) is 0 Å². The molecule has 0 radical (unpaired) electrons. The van der Waals surface area contributed by atoms with Gasteiger partial charge in [-0.15, -0.1) is 0 Å². The maximum atomic E-state index is 12.7. The number of benzene rings is 1. The van der Waals surface area contributed by atoms with Crippen LogP contribution in [0.3, 0.4) is 0 Å². The minimum Gasteiger partial charge on any atom is -0.482 e. The molecule has 0 spiro atoms. The second-order valence-electron chi connectivity index (χ2n) is 8.09. The molecule has 2 heterocycles. The molecule has 9 heteroatoms. The number of ether oxygens (including phenoxy) is 2. The average molecular weight is 460 g/mol. The minimum atomic E-state index is -0.424. The number of nitrogens with one attached hydrogen (secondary N) is 2. The molecule has 1 aromatic heterocycles. The third kappa shape index (κ3) is 6.95. The second-order valence-corrected chi connectivity index (χ2v) is 8.09. The largest absolute Gasteiger partial charge is 0.482 e. The molecule has 0 fully saturated rings. The summed E-state index contributed by atoms with van der Waals surface area (Å²) >= 11 is 0. The summed E-state index contributed by atoms with van der Waals surface area (Å²) in [6, 6.07) is 5.68. The summed E-state index contributed by atoms with van der Waals surface area (Å²) in [4.78, 5) is 45.7. The first-order valence-electron chi connectivity index (χ1n) is 11.5. The summed E-state index contributed by atoms with van der Waals surface area (Å²) in [5, 5.41) is 1.06. The van der Waals surface area contributed by atoms with Gasteiger partial charge in [-0.25, -0.2) is 10.3 Å². The highest BCUT2D eigenvalue weighted by atomic mass is 16.6. The maximum absolute atomic E-state index is 12.7. The van der Waals surface area contributed by atoms with Crippen LogP contribution in [-0.4, -0.2) is 54.5 Å². The lowest BCUT2D eigenvalue weighted by Crippen LogP contribution is -2.35. The highest BCUT2D eigenvalue weighted by Crippen LogP contribution is 2.30. The van der Waals surface area contributed by atoms with E-state index in [1.807, 2.05) is 30.0 Å². The first-order chi connectivity index (χ1) is 16.0. The summed E-state index contributed by atoms with van der Waals surface area (Å²) in [5.41, 5.74) is 5.63. The van der Waals surface area contributed by atoms with Crippen molar-refractivity contribution in [2.75, 3.05) is 26.9 Å². The second kappa shape index (κ2) is 12.2. The number of unbranched alkanes of at least 4 members (excludes halogenated alkanes) is 3. The zero-order valence-corrected chi connectivity index (χ0v) is 19.4. The van der Waals surface area contributed by atoms with Crippen molar-refractivity contribution < 1.29 is 28.7 Å². The SMILES string of the molecule is CCONC(=O)CCCCCCC(=O)N1CCc2c([nH]c3ccc(OCC(=O)OC)cc23)C1. The van der Waals surface area contributed by atoms with Crippen LogP contribution in [0.5, 0.6) is 5.75 Å². The van der Waals surface area contributed by atoms with Crippen molar-refractivity contribution in [1.82, 2.24) is 15.4 Å². The van der Waals surface area contributed by atoms with Crippen molar-refractivity contribution in [2.45, 2.75) is 58.4 Å². The van der Waals surface area contributed by atoms with E-state index in [9.17, 15) is 14.4 Å². The number of aromatic nitrogens is 1. The van der Waals surface area contributed by atoms with Crippen LogP contribution in [0.25, 0.3) is 10.9 Å². The maximum Gasteiger partial charge on any atom is 0.343 e. The lowest BCUT2D eigenvalue weighted by molar-refractivity contribution is -0.143. The van der Waals surface area contributed by atoms with Gasteiger partial charge in [0.1, 0.15) is 5.75 Å². The number of hydrogen-bond donors (Lipinski definition) is 2. The van der Waals surface area contributed by atoms with Crippen molar-refractivity contribution >= 4 is 28.7 Å². The summed E-state index contributed by atoms with van der Waals surface area (Å²) in [6.45, 7) is 3.40. The monoisotopic (exact) mass is 459 g/mol. The van der Waals surface area contributed by atoms with Crippen LogP contribution in [0.15, 0.2) is 18.2 Å². The molecule has 180 valence electrons. The Bertz CT molecular complexity index is 971. The zero-order chi connectivity index (χ0) is 23.6. The number of fused-ring (bicyclic) bond motifs is 3. The van der Waals surface area contributed by atoms with Crippen molar-refractivity contribution in [3.8, 4) is 5.75 Å². The van der Waals surface area contributed by atoms with Gasteiger partial charge in [0.15, 0.2) is 6.61 Å². The Balaban J connectivity index is 1.44. The first-order valence-corrected chi connectivity index (χ1v) is 11.5. The van der Waals surface area contributed by atoms with Gasteiger partial charge in [-0.3, -0.25) is 14.4 Å². The van der Waals surface area contributed by atoms with E-state index in [0.717, 1.165) is 48.7 Å². The molecule has 2 aromatic rings. The van der Waals surface area contributed by atoms with Gasteiger partial charge in [0, 0.05) is 36.0 Å². The Kier molecular flexibility index (Phi) is 9.12. The smallest absolute Gasteiger partial charge is 0.343 e. The van der Waals surface area contributed by atoms with E-state index in [0.29, 0.717) is 38.3 Å². The average Bonchev–Trinajstić information content (AvgIpc) is 3.20. The Labute approximate surface area is 193 Å². The number of hydroxylamine groups is 1. The van der Waals surface area contributed by atoms with Crippen molar-refractivity contribution in [3.05, 3.63) is 29.5 Å². The fourth-order valence-corrected chi connectivity index (χ4v) is 4.00. The van der Waals surface area contributed by atoms with Crippen molar-refractivity contribution in [2.24, 2.45) is 0 Å². The number of methoxy groups -OCH3 is 1. The number of nitrogens with zero attached hydrogens (tertiary/aromatic N) is 1. The fraction of sp³-hybridized carbons (Fsp3) is 0.542. The molecule has 33 heavy (non-hydrogen) atoms. The number of carbonyl (C=O) groups excluding carboxylic acids is 3. The molecule has 1 aliphatic heterocycles. The van der Waals surface area contributed by atoms with E-state index < -0.39 is 5.97 Å². The predicted molar refractivity (Wildman–Crippen MR) is 122 cm³/mol. The van der Waals surface area contributed by atoms with E-state index in [1.165, 1.54) is 12.7 Å².